The van der Waals surface area contributed by atoms with E-state index in [-0.39, 0.29) is 0 Å². The molecule has 3 nitrogen and oxygen atoms in total. The average molecular weight is 305 g/mol. The van der Waals surface area contributed by atoms with Crippen LogP contribution >= 0.6 is 11.6 Å². The summed E-state index contributed by atoms with van der Waals surface area (Å²) in [6, 6.07) is 9.69. The Balaban J connectivity index is 2.06. The fourth-order valence-electron chi connectivity index (χ4n) is 2.04. The Kier molecular flexibility index (Phi) is 6.03. The van der Waals surface area contributed by atoms with Crippen molar-refractivity contribution in [3.63, 3.8) is 0 Å². The molecular formula is C17H21ClN2O. The minimum atomic E-state index is 0.467. The molecule has 0 saturated carbocycles. The van der Waals surface area contributed by atoms with Crippen LogP contribution in [0.2, 0.25) is 5.02 Å². The molecule has 0 unspecified atom stereocenters. The zero-order valence-corrected chi connectivity index (χ0v) is 13.3. The molecule has 1 N–H and O–H groups in total. The number of ether oxygens (including phenoxy) is 1. The molecule has 1 heterocycles. The van der Waals surface area contributed by atoms with Gasteiger partial charge in [0.2, 0.25) is 0 Å². The Morgan fingerprint density at radius 3 is 2.90 bits per heavy atom. The number of halogens is 1. The maximum atomic E-state index is 6.08. The molecule has 4 heteroatoms. The van der Waals surface area contributed by atoms with Crippen molar-refractivity contribution in [2.24, 2.45) is 0 Å². The largest absolute Gasteiger partial charge is 0.487 e. The van der Waals surface area contributed by atoms with Crippen molar-refractivity contribution in [2.75, 3.05) is 6.54 Å². The number of pyridine rings is 1. The summed E-state index contributed by atoms with van der Waals surface area (Å²) >= 11 is 6.08. The zero-order valence-electron chi connectivity index (χ0n) is 12.5. The van der Waals surface area contributed by atoms with Crippen LogP contribution in [0.25, 0.3) is 0 Å². The van der Waals surface area contributed by atoms with E-state index in [1.165, 1.54) is 0 Å². The second-order valence-electron chi connectivity index (χ2n) is 4.98. The summed E-state index contributed by atoms with van der Waals surface area (Å²) in [5.74, 6) is 0.855. The molecular weight excluding hydrogens is 284 g/mol. The molecule has 0 saturated heterocycles. The van der Waals surface area contributed by atoms with Crippen LogP contribution in [0.4, 0.5) is 0 Å². The zero-order chi connectivity index (χ0) is 15.1. The fourth-order valence-corrected chi connectivity index (χ4v) is 2.24. The number of aromatic nitrogens is 1. The van der Waals surface area contributed by atoms with Gasteiger partial charge in [0.05, 0.1) is 5.69 Å². The summed E-state index contributed by atoms with van der Waals surface area (Å²) in [5, 5.41) is 4.10. The minimum Gasteiger partial charge on any atom is -0.487 e. The molecule has 0 radical (unpaired) electrons. The molecule has 0 spiro atoms. The van der Waals surface area contributed by atoms with Crippen LogP contribution in [0.15, 0.2) is 36.5 Å². The van der Waals surface area contributed by atoms with Crippen LogP contribution in [-0.2, 0) is 13.2 Å². The summed E-state index contributed by atoms with van der Waals surface area (Å²) in [5.41, 5.74) is 3.17. The Morgan fingerprint density at radius 1 is 1.29 bits per heavy atom. The monoisotopic (exact) mass is 304 g/mol. The first-order valence-corrected chi connectivity index (χ1v) is 7.61. The lowest BCUT2D eigenvalue weighted by Crippen LogP contribution is -2.14. The van der Waals surface area contributed by atoms with E-state index in [2.05, 4.69) is 17.2 Å². The van der Waals surface area contributed by atoms with Crippen molar-refractivity contribution in [2.45, 2.75) is 33.4 Å². The molecule has 0 fully saturated rings. The molecule has 0 bridgehead atoms. The number of nitrogens with zero attached hydrogens (tertiary/aromatic N) is 1. The van der Waals surface area contributed by atoms with Crippen molar-refractivity contribution in [1.82, 2.24) is 10.3 Å². The van der Waals surface area contributed by atoms with Crippen LogP contribution < -0.4 is 10.1 Å². The van der Waals surface area contributed by atoms with Gasteiger partial charge in [-0.2, -0.15) is 0 Å². The molecule has 2 rings (SSSR count). The highest BCUT2D eigenvalue weighted by atomic mass is 35.5. The number of benzene rings is 1. The standard InChI is InChI=1S/C17H21ClN2O/c1-3-8-19-11-14-10-15(18)6-7-17(14)21-12-16-13(2)5-4-9-20-16/h4-7,9-10,19H,3,8,11-12H2,1-2H3. The second kappa shape index (κ2) is 8.01. The van der Waals surface area contributed by atoms with Gasteiger partial charge in [-0.1, -0.05) is 24.6 Å². The number of hydrogen-bond acceptors (Lipinski definition) is 3. The number of rotatable bonds is 7. The van der Waals surface area contributed by atoms with Gasteiger partial charge in [0, 0.05) is 23.3 Å². The number of nitrogens with one attached hydrogen (secondary N) is 1. The predicted molar refractivity (Wildman–Crippen MR) is 86.8 cm³/mol. The Labute approximate surface area is 131 Å². The first-order valence-electron chi connectivity index (χ1n) is 7.23. The molecule has 0 atom stereocenters. The maximum Gasteiger partial charge on any atom is 0.130 e. The van der Waals surface area contributed by atoms with E-state index in [0.717, 1.165) is 47.1 Å². The molecule has 2 aromatic rings. The molecule has 1 aromatic heterocycles. The lowest BCUT2D eigenvalue weighted by atomic mass is 10.2. The van der Waals surface area contributed by atoms with E-state index in [1.54, 1.807) is 6.20 Å². The number of aryl methyl sites for hydroxylation is 1. The predicted octanol–water partition coefficient (Wildman–Crippen LogP) is 4.12. The van der Waals surface area contributed by atoms with Gasteiger partial charge < -0.3 is 10.1 Å². The van der Waals surface area contributed by atoms with E-state index < -0.39 is 0 Å². The third-order valence-corrected chi connectivity index (χ3v) is 3.48. The normalized spacial score (nSPS) is 10.6. The van der Waals surface area contributed by atoms with E-state index in [4.69, 9.17) is 16.3 Å². The summed E-state index contributed by atoms with van der Waals surface area (Å²) in [7, 11) is 0. The Bertz CT molecular complexity index is 587. The highest BCUT2D eigenvalue weighted by Gasteiger charge is 2.06. The lowest BCUT2D eigenvalue weighted by molar-refractivity contribution is 0.296. The SMILES string of the molecule is CCCNCc1cc(Cl)ccc1OCc1ncccc1C. The molecule has 0 aliphatic rings. The average Bonchev–Trinajstić information content (AvgIpc) is 2.48. The van der Waals surface area contributed by atoms with Crippen LogP contribution in [0.5, 0.6) is 5.75 Å². The van der Waals surface area contributed by atoms with E-state index in [0.29, 0.717) is 6.61 Å². The smallest absolute Gasteiger partial charge is 0.130 e. The van der Waals surface area contributed by atoms with Crippen LogP contribution in [-0.4, -0.2) is 11.5 Å². The van der Waals surface area contributed by atoms with Crippen LogP contribution in [0.3, 0.4) is 0 Å². The summed E-state index contributed by atoms with van der Waals surface area (Å²) < 4.78 is 5.93. The van der Waals surface area contributed by atoms with Crippen molar-refractivity contribution < 1.29 is 4.74 Å². The summed E-state index contributed by atoms with van der Waals surface area (Å²) in [4.78, 5) is 4.35. The van der Waals surface area contributed by atoms with Gasteiger partial charge in [0.15, 0.2) is 0 Å². The van der Waals surface area contributed by atoms with E-state index >= 15 is 0 Å². The molecule has 0 aliphatic heterocycles. The van der Waals surface area contributed by atoms with Crippen molar-refractivity contribution in [1.29, 1.82) is 0 Å². The quantitative estimate of drug-likeness (QED) is 0.781. The van der Waals surface area contributed by atoms with Gasteiger partial charge >= 0.3 is 0 Å². The molecule has 0 amide bonds. The third-order valence-electron chi connectivity index (χ3n) is 3.25. The fraction of sp³-hybridized carbons (Fsp3) is 0.353. The second-order valence-corrected chi connectivity index (χ2v) is 5.42. The van der Waals surface area contributed by atoms with Gasteiger partial charge in [0.25, 0.3) is 0 Å². The Hall–Kier alpha value is -1.58. The Morgan fingerprint density at radius 2 is 2.14 bits per heavy atom. The molecule has 112 valence electrons. The molecule has 21 heavy (non-hydrogen) atoms. The summed E-state index contributed by atoms with van der Waals surface area (Å²) in [6.45, 7) is 6.38. The van der Waals surface area contributed by atoms with Crippen molar-refractivity contribution >= 4 is 11.6 Å². The summed E-state index contributed by atoms with van der Waals surface area (Å²) in [6.07, 6.45) is 2.89. The molecule has 1 aromatic carbocycles. The van der Waals surface area contributed by atoms with E-state index in [9.17, 15) is 0 Å². The highest BCUT2D eigenvalue weighted by Crippen LogP contribution is 2.24. The van der Waals surface area contributed by atoms with Gasteiger partial charge in [-0.15, -0.1) is 0 Å². The van der Waals surface area contributed by atoms with E-state index in [1.807, 2.05) is 37.3 Å². The minimum absolute atomic E-state index is 0.467. The van der Waals surface area contributed by atoms with Gasteiger partial charge in [-0.05, 0) is 49.7 Å². The van der Waals surface area contributed by atoms with Crippen LogP contribution in [0.1, 0.15) is 30.2 Å². The topological polar surface area (TPSA) is 34.1 Å². The highest BCUT2D eigenvalue weighted by molar-refractivity contribution is 6.30. The third kappa shape index (κ3) is 4.73. The first kappa shape index (κ1) is 15.8. The number of hydrogen-bond donors (Lipinski definition) is 1. The van der Waals surface area contributed by atoms with Gasteiger partial charge in [-0.25, -0.2) is 0 Å². The molecule has 0 aliphatic carbocycles. The van der Waals surface area contributed by atoms with Gasteiger partial charge in [-0.3, -0.25) is 4.98 Å². The maximum absolute atomic E-state index is 6.08. The van der Waals surface area contributed by atoms with Gasteiger partial charge in [0.1, 0.15) is 12.4 Å². The lowest BCUT2D eigenvalue weighted by Gasteiger charge is -2.13. The van der Waals surface area contributed by atoms with Crippen molar-refractivity contribution in [3.8, 4) is 5.75 Å². The van der Waals surface area contributed by atoms with Crippen molar-refractivity contribution in [3.05, 3.63) is 58.4 Å². The van der Waals surface area contributed by atoms with Crippen LogP contribution in [0, 0.1) is 6.92 Å². The first-order chi connectivity index (χ1) is 10.2.